The van der Waals surface area contributed by atoms with E-state index >= 15 is 0 Å². The van der Waals surface area contributed by atoms with E-state index in [0.717, 1.165) is 52.6 Å². The van der Waals surface area contributed by atoms with Crippen LogP contribution in [0, 0.1) is 5.41 Å². The van der Waals surface area contributed by atoms with Gasteiger partial charge in [-0.15, -0.1) is 0 Å². The van der Waals surface area contributed by atoms with Crippen molar-refractivity contribution in [2.75, 3.05) is 59.2 Å². The Morgan fingerprint density at radius 1 is 1.17 bits per heavy atom. The zero-order valence-electron chi connectivity index (χ0n) is 11.7. The number of nitrogens with one attached hydrogen (secondary N) is 1. The molecule has 4 heteroatoms. The predicted octanol–water partition coefficient (Wildman–Crippen LogP) is 1.12. The van der Waals surface area contributed by atoms with Crippen molar-refractivity contribution >= 4 is 0 Å². The minimum Gasteiger partial charge on any atom is -0.381 e. The van der Waals surface area contributed by atoms with Gasteiger partial charge < -0.3 is 19.7 Å². The number of nitrogens with zero attached hydrogens (tertiary/aromatic N) is 1. The Bertz CT molecular complexity index is 222. The summed E-state index contributed by atoms with van der Waals surface area (Å²) in [6.07, 6.45) is 3.56. The van der Waals surface area contributed by atoms with E-state index in [-0.39, 0.29) is 0 Å². The van der Waals surface area contributed by atoms with Gasteiger partial charge in [0.25, 0.3) is 0 Å². The quantitative estimate of drug-likeness (QED) is 0.722. The van der Waals surface area contributed by atoms with Gasteiger partial charge in [-0.1, -0.05) is 6.92 Å². The largest absolute Gasteiger partial charge is 0.381 e. The highest BCUT2D eigenvalue weighted by molar-refractivity contribution is 4.88. The zero-order valence-corrected chi connectivity index (χ0v) is 11.7. The molecule has 1 atom stereocenters. The zero-order chi connectivity index (χ0) is 12.7. The molecule has 2 saturated heterocycles. The van der Waals surface area contributed by atoms with E-state index in [4.69, 9.17) is 9.47 Å². The van der Waals surface area contributed by atoms with Gasteiger partial charge in [0.1, 0.15) is 0 Å². The second-order valence-electron chi connectivity index (χ2n) is 5.72. The van der Waals surface area contributed by atoms with Crippen LogP contribution in [0.3, 0.4) is 0 Å². The lowest BCUT2D eigenvalue weighted by Gasteiger charge is -2.33. The lowest BCUT2D eigenvalue weighted by atomic mass is 9.86. The van der Waals surface area contributed by atoms with Crippen LogP contribution in [0.2, 0.25) is 0 Å². The number of hydrogen-bond donors (Lipinski definition) is 1. The van der Waals surface area contributed by atoms with Crippen LogP contribution in [0.25, 0.3) is 0 Å². The molecule has 2 aliphatic heterocycles. The normalized spacial score (nSPS) is 30.5. The van der Waals surface area contributed by atoms with E-state index in [9.17, 15) is 0 Å². The first-order chi connectivity index (χ1) is 8.85. The molecule has 2 rings (SSSR count). The molecule has 0 radical (unpaired) electrons. The monoisotopic (exact) mass is 256 g/mol. The van der Waals surface area contributed by atoms with Gasteiger partial charge in [0, 0.05) is 44.8 Å². The minimum atomic E-state index is 0.333. The van der Waals surface area contributed by atoms with Crippen molar-refractivity contribution in [1.29, 1.82) is 0 Å². The van der Waals surface area contributed by atoms with E-state index in [0.29, 0.717) is 5.41 Å². The Kier molecular flexibility index (Phi) is 5.89. The van der Waals surface area contributed by atoms with Crippen molar-refractivity contribution in [2.45, 2.75) is 26.2 Å². The Hall–Kier alpha value is -0.160. The van der Waals surface area contributed by atoms with Gasteiger partial charge in [-0.3, -0.25) is 0 Å². The molecule has 1 N–H and O–H groups in total. The molecule has 18 heavy (non-hydrogen) atoms. The van der Waals surface area contributed by atoms with Crippen LogP contribution in [0.4, 0.5) is 0 Å². The Labute approximate surface area is 111 Å². The van der Waals surface area contributed by atoms with Crippen LogP contribution < -0.4 is 5.32 Å². The van der Waals surface area contributed by atoms with Crippen molar-refractivity contribution < 1.29 is 9.47 Å². The molecule has 0 amide bonds. The van der Waals surface area contributed by atoms with Crippen molar-refractivity contribution in [3.05, 3.63) is 0 Å². The van der Waals surface area contributed by atoms with Gasteiger partial charge in [0.05, 0.1) is 13.2 Å². The standard InChI is InChI=1S/C14H28N2O2/c1-2-5-15-11-14(4-9-18-13-14)12-16-6-3-8-17-10-7-16/h15H,2-13H2,1H3. The highest BCUT2D eigenvalue weighted by Gasteiger charge is 2.36. The molecular formula is C14H28N2O2. The molecular weight excluding hydrogens is 228 g/mol. The highest BCUT2D eigenvalue weighted by Crippen LogP contribution is 2.29. The van der Waals surface area contributed by atoms with E-state index in [1.807, 2.05) is 0 Å². The smallest absolute Gasteiger partial charge is 0.0593 e. The van der Waals surface area contributed by atoms with Crippen molar-refractivity contribution in [3.63, 3.8) is 0 Å². The first-order valence-electron chi connectivity index (χ1n) is 7.43. The molecule has 0 saturated carbocycles. The van der Waals surface area contributed by atoms with Crippen LogP contribution in [-0.2, 0) is 9.47 Å². The third kappa shape index (κ3) is 4.19. The molecule has 106 valence electrons. The van der Waals surface area contributed by atoms with Gasteiger partial charge in [0.2, 0.25) is 0 Å². The van der Waals surface area contributed by atoms with Crippen LogP contribution in [0.1, 0.15) is 26.2 Å². The molecule has 2 heterocycles. The summed E-state index contributed by atoms with van der Waals surface area (Å²) < 4.78 is 11.2. The molecule has 0 bridgehead atoms. The summed E-state index contributed by atoms with van der Waals surface area (Å²) in [6, 6.07) is 0. The van der Waals surface area contributed by atoms with Gasteiger partial charge in [0.15, 0.2) is 0 Å². The summed E-state index contributed by atoms with van der Waals surface area (Å²) in [5, 5.41) is 3.59. The third-order valence-electron chi connectivity index (χ3n) is 3.99. The number of rotatable bonds is 6. The molecule has 0 aromatic carbocycles. The Balaban J connectivity index is 1.83. The molecule has 0 aliphatic carbocycles. The SMILES string of the molecule is CCCNCC1(CN2CCCOCC2)CCOC1. The van der Waals surface area contributed by atoms with Crippen LogP contribution in [0.15, 0.2) is 0 Å². The highest BCUT2D eigenvalue weighted by atomic mass is 16.5. The van der Waals surface area contributed by atoms with Crippen molar-refractivity contribution in [2.24, 2.45) is 5.41 Å². The second kappa shape index (κ2) is 7.43. The Morgan fingerprint density at radius 3 is 2.89 bits per heavy atom. The average molecular weight is 256 g/mol. The van der Waals surface area contributed by atoms with Gasteiger partial charge in [-0.25, -0.2) is 0 Å². The predicted molar refractivity (Wildman–Crippen MR) is 72.9 cm³/mol. The maximum absolute atomic E-state index is 5.67. The number of hydrogen-bond acceptors (Lipinski definition) is 4. The first kappa shape index (κ1) is 14.3. The first-order valence-corrected chi connectivity index (χ1v) is 7.43. The lowest BCUT2D eigenvalue weighted by molar-refractivity contribution is 0.100. The molecule has 2 fully saturated rings. The fourth-order valence-electron chi connectivity index (χ4n) is 2.93. The molecule has 2 aliphatic rings. The molecule has 0 aromatic rings. The molecule has 0 spiro atoms. The van der Waals surface area contributed by atoms with Gasteiger partial charge >= 0.3 is 0 Å². The van der Waals surface area contributed by atoms with Crippen LogP contribution in [0.5, 0.6) is 0 Å². The number of ether oxygens (including phenoxy) is 2. The van der Waals surface area contributed by atoms with Gasteiger partial charge in [-0.2, -0.15) is 0 Å². The fourth-order valence-corrected chi connectivity index (χ4v) is 2.93. The summed E-state index contributed by atoms with van der Waals surface area (Å²) in [5.41, 5.74) is 0.333. The molecule has 0 aromatic heterocycles. The summed E-state index contributed by atoms with van der Waals surface area (Å²) in [6.45, 7) is 11.5. The topological polar surface area (TPSA) is 33.7 Å². The van der Waals surface area contributed by atoms with Gasteiger partial charge in [-0.05, 0) is 25.8 Å². The summed E-state index contributed by atoms with van der Waals surface area (Å²) in [4.78, 5) is 2.56. The molecule has 4 nitrogen and oxygen atoms in total. The maximum Gasteiger partial charge on any atom is 0.0593 e. The minimum absolute atomic E-state index is 0.333. The summed E-state index contributed by atoms with van der Waals surface area (Å²) in [5.74, 6) is 0. The van der Waals surface area contributed by atoms with Crippen LogP contribution >= 0.6 is 0 Å². The lowest BCUT2D eigenvalue weighted by Crippen LogP contribution is -2.45. The second-order valence-corrected chi connectivity index (χ2v) is 5.72. The Morgan fingerprint density at radius 2 is 2.11 bits per heavy atom. The fraction of sp³-hybridized carbons (Fsp3) is 1.00. The van der Waals surface area contributed by atoms with Crippen molar-refractivity contribution in [3.8, 4) is 0 Å². The van der Waals surface area contributed by atoms with Crippen LogP contribution in [-0.4, -0.2) is 64.1 Å². The summed E-state index contributed by atoms with van der Waals surface area (Å²) >= 11 is 0. The summed E-state index contributed by atoms with van der Waals surface area (Å²) in [7, 11) is 0. The van der Waals surface area contributed by atoms with Crippen molar-refractivity contribution in [1.82, 2.24) is 10.2 Å². The maximum atomic E-state index is 5.67. The average Bonchev–Trinajstić information content (AvgIpc) is 2.67. The third-order valence-corrected chi connectivity index (χ3v) is 3.99. The van der Waals surface area contributed by atoms with E-state index in [2.05, 4.69) is 17.1 Å². The molecule has 1 unspecified atom stereocenters. The van der Waals surface area contributed by atoms with E-state index < -0.39 is 0 Å². The van der Waals surface area contributed by atoms with E-state index in [1.165, 1.54) is 25.8 Å². The van der Waals surface area contributed by atoms with E-state index in [1.54, 1.807) is 0 Å².